The average Bonchev–Trinajstić information content (AvgIpc) is 2.64. The predicted molar refractivity (Wildman–Crippen MR) is 75.6 cm³/mol. The lowest BCUT2D eigenvalue weighted by molar-refractivity contribution is -0.0714. The highest BCUT2D eigenvalue weighted by Crippen LogP contribution is 2.33. The van der Waals surface area contributed by atoms with Gasteiger partial charge in [-0.3, -0.25) is 4.90 Å². The van der Waals surface area contributed by atoms with Crippen molar-refractivity contribution in [2.75, 3.05) is 26.2 Å². The predicted octanol–water partition coefficient (Wildman–Crippen LogP) is 2.39. The Morgan fingerprint density at radius 2 is 2.17 bits per heavy atom. The normalized spacial score (nSPS) is 39.5. The Kier molecular flexibility index (Phi) is 5.05. The summed E-state index contributed by atoms with van der Waals surface area (Å²) >= 11 is 0. The lowest BCUT2D eigenvalue weighted by Crippen LogP contribution is -2.58. The van der Waals surface area contributed by atoms with Crippen LogP contribution in [-0.4, -0.2) is 42.8 Å². The molecule has 0 aromatic heterocycles. The van der Waals surface area contributed by atoms with E-state index in [4.69, 9.17) is 10.5 Å². The van der Waals surface area contributed by atoms with Gasteiger partial charge < -0.3 is 10.5 Å². The molecule has 2 fully saturated rings. The van der Waals surface area contributed by atoms with Gasteiger partial charge in [-0.1, -0.05) is 13.8 Å². The molecule has 2 aliphatic rings. The summed E-state index contributed by atoms with van der Waals surface area (Å²) in [7, 11) is 0. The molecule has 2 saturated heterocycles. The third-order valence-corrected chi connectivity index (χ3v) is 5.05. The molecule has 2 heterocycles. The molecular formula is C15H30N2O. The second kappa shape index (κ2) is 6.36. The highest BCUT2D eigenvalue weighted by molar-refractivity contribution is 4.97. The van der Waals surface area contributed by atoms with Crippen LogP contribution in [0.5, 0.6) is 0 Å². The second-order valence-electron chi connectivity index (χ2n) is 6.31. The summed E-state index contributed by atoms with van der Waals surface area (Å²) in [4.78, 5) is 2.70. The average molecular weight is 254 g/mol. The van der Waals surface area contributed by atoms with Gasteiger partial charge in [-0.25, -0.2) is 0 Å². The number of ether oxygens (including phenoxy) is 1. The molecule has 18 heavy (non-hydrogen) atoms. The molecule has 0 spiro atoms. The molecular weight excluding hydrogens is 224 g/mol. The Morgan fingerprint density at radius 1 is 1.33 bits per heavy atom. The summed E-state index contributed by atoms with van der Waals surface area (Å²) in [5.41, 5.74) is 6.40. The summed E-state index contributed by atoms with van der Waals surface area (Å²) in [6, 6.07) is 0. The van der Waals surface area contributed by atoms with Crippen LogP contribution in [0.3, 0.4) is 0 Å². The van der Waals surface area contributed by atoms with Crippen molar-refractivity contribution in [1.82, 2.24) is 4.90 Å². The molecule has 0 bridgehead atoms. The minimum absolute atomic E-state index is 0.225. The summed E-state index contributed by atoms with van der Waals surface area (Å²) in [6.07, 6.45) is 7.84. The molecule has 0 aromatic rings. The maximum atomic E-state index is 6.17. The van der Waals surface area contributed by atoms with E-state index >= 15 is 0 Å². The molecule has 2 N–H and O–H groups in total. The number of nitrogens with zero attached hydrogens (tertiary/aromatic N) is 1. The fourth-order valence-corrected chi connectivity index (χ4v) is 3.60. The van der Waals surface area contributed by atoms with E-state index in [0.717, 1.165) is 38.3 Å². The molecule has 0 aromatic carbocycles. The number of rotatable bonds is 3. The lowest BCUT2D eigenvalue weighted by atomic mass is 9.83. The Bertz CT molecular complexity index is 259. The second-order valence-corrected chi connectivity index (χ2v) is 6.31. The molecule has 0 aliphatic carbocycles. The maximum absolute atomic E-state index is 6.17. The van der Waals surface area contributed by atoms with Crippen molar-refractivity contribution >= 4 is 0 Å². The van der Waals surface area contributed by atoms with Gasteiger partial charge in [-0.05, 0) is 57.5 Å². The van der Waals surface area contributed by atoms with E-state index in [0.29, 0.717) is 6.10 Å². The minimum atomic E-state index is 0.225. The first-order valence-electron chi connectivity index (χ1n) is 7.77. The van der Waals surface area contributed by atoms with Crippen LogP contribution in [0.1, 0.15) is 52.4 Å². The van der Waals surface area contributed by atoms with Gasteiger partial charge in [0.1, 0.15) is 0 Å². The van der Waals surface area contributed by atoms with Crippen LogP contribution < -0.4 is 5.73 Å². The molecule has 0 saturated carbocycles. The number of hydrogen-bond acceptors (Lipinski definition) is 3. The molecule has 3 unspecified atom stereocenters. The molecule has 0 radical (unpaired) electrons. The van der Waals surface area contributed by atoms with Crippen LogP contribution >= 0.6 is 0 Å². The van der Waals surface area contributed by atoms with E-state index in [1.165, 1.54) is 32.4 Å². The number of likely N-dealkylation sites (tertiary alicyclic amines) is 1. The Labute approximate surface area is 112 Å². The van der Waals surface area contributed by atoms with Gasteiger partial charge in [0.2, 0.25) is 0 Å². The highest BCUT2D eigenvalue weighted by atomic mass is 16.5. The third-order valence-electron chi connectivity index (χ3n) is 5.05. The minimum Gasteiger partial charge on any atom is -0.378 e. The van der Waals surface area contributed by atoms with Crippen LogP contribution in [0, 0.1) is 5.92 Å². The van der Waals surface area contributed by atoms with E-state index < -0.39 is 0 Å². The number of hydrogen-bond donors (Lipinski definition) is 1. The van der Waals surface area contributed by atoms with Crippen molar-refractivity contribution in [1.29, 1.82) is 0 Å². The van der Waals surface area contributed by atoms with Gasteiger partial charge in [0, 0.05) is 18.7 Å². The van der Waals surface area contributed by atoms with E-state index in [2.05, 4.69) is 18.7 Å². The van der Waals surface area contributed by atoms with Crippen molar-refractivity contribution in [3.63, 3.8) is 0 Å². The number of nitrogens with two attached hydrogens (primary N) is 1. The third kappa shape index (κ3) is 3.06. The topological polar surface area (TPSA) is 38.5 Å². The van der Waals surface area contributed by atoms with Gasteiger partial charge in [-0.2, -0.15) is 0 Å². The van der Waals surface area contributed by atoms with E-state index in [-0.39, 0.29) is 5.54 Å². The monoisotopic (exact) mass is 254 g/mol. The molecule has 3 atom stereocenters. The van der Waals surface area contributed by atoms with Gasteiger partial charge in [0.25, 0.3) is 0 Å². The summed E-state index contributed by atoms with van der Waals surface area (Å²) < 4.78 is 5.85. The highest BCUT2D eigenvalue weighted by Gasteiger charge is 2.40. The molecule has 106 valence electrons. The van der Waals surface area contributed by atoms with E-state index in [1.807, 2.05) is 0 Å². The lowest BCUT2D eigenvalue weighted by Gasteiger charge is -2.48. The van der Waals surface area contributed by atoms with Gasteiger partial charge in [0.05, 0.1) is 6.10 Å². The Balaban J connectivity index is 2.05. The Morgan fingerprint density at radius 3 is 2.89 bits per heavy atom. The fourth-order valence-electron chi connectivity index (χ4n) is 3.60. The summed E-state index contributed by atoms with van der Waals surface area (Å²) in [6.45, 7) is 8.76. The van der Waals surface area contributed by atoms with E-state index in [9.17, 15) is 0 Å². The first-order chi connectivity index (χ1) is 8.70. The van der Waals surface area contributed by atoms with Gasteiger partial charge in [-0.15, -0.1) is 0 Å². The summed E-state index contributed by atoms with van der Waals surface area (Å²) in [5, 5.41) is 0. The SMILES string of the molecule is CCC1CC(CN)(N2CCCC(C)CC2)CCO1. The van der Waals surface area contributed by atoms with E-state index in [1.54, 1.807) is 0 Å². The van der Waals surface area contributed by atoms with Gasteiger partial charge >= 0.3 is 0 Å². The summed E-state index contributed by atoms with van der Waals surface area (Å²) in [5.74, 6) is 0.881. The molecule has 2 aliphatic heterocycles. The van der Waals surface area contributed by atoms with Crippen LogP contribution in [0.2, 0.25) is 0 Å². The smallest absolute Gasteiger partial charge is 0.0590 e. The van der Waals surface area contributed by atoms with Crippen molar-refractivity contribution in [2.45, 2.75) is 64.0 Å². The first-order valence-corrected chi connectivity index (χ1v) is 7.77. The molecule has 3 heteroatoms. The van der Waals surface area contributed by atoms with Crippen molar-refractivity contribution < 1.29 is 4.74 Å². The van der Waals surface area contributed by atoms with Crippen LogP contribution in [0.4, 0.5) is 0 Å². The maximum Gasteiger partial charge on any atom is 0.0590 e. The zero-order valence-corrected chi connectivity index (χ0v) is 12.2. The molecule has 0 amide bonds. The molecule has 3 nitrogen and oxygen atoms in total. The fraction of sp³-hybridized carbons (Fsp3) is 1.00. The van der Waals surface area contributed by atoms with Crippen molar-refractivity contribution in [2.24, 2.45) is 11.7 Å². The van der Waals surface area contributed by atoms with Crippen molar-refractivity contribution in [3.8, 4) is 0 Å². The molecule has 2 rings (SSSR count). The Hall–Kier alpha value is -0.120. The largest absolute Gasteiger partial charge is 0.378 e. The van der Waals surface area contributed by atoms with Crippen LogP contribution in [0.25, 0.3) is 0 Å². The zero-order valence-electron chi connectivity index (χ0n) is 12.2. The van der Waals surface area contributed by atoms with Crippen molar-refractivity contribution in [3.05, 3.63) is 0 Å². The van der Waals surface area contributed by atoms with Crippen LogP contribution in [-0.2, 0) is 4.74 Å². The van der Waals surface area contributed by atoms with Gasteiger partial charge in [0.15, 0.2) is 0 Å². The van der Waals surface area contributed by atoms with Crippen LogP contribution in [0.15, 0.2) is 0 Å². The standard InChI is InChI=1S/C15H30N2O/c1-3-14-11-15(12-16,7-10-18-14)17-8-4-5-13(2)6-9-17/h13-14H,3-12,16H2,1-2H3. The quantitative estimate of drug-likeness (QED) is 0.840. The first kappa shape index (κ1) is 14.3. The zero-order chi connectivity index (χ0) is 13.0.